The summed E-state index contributed by atoms with van der Waals surface area (Å²) < 4.78 is 0. The molecule has 3 nitrogen and oxygen atoms in total. The Morgan fingerprint density at radius 2 is 2.18 bits per heavy atom. The van der Waals surface area contributed by atoms with E-state index in [4.69, 9.17) is 0 Å². The van der Waals surface area contributed by atoms with Crippen LogP contribution in [0.5, 0.6) is 0 Å². The molecule has 0 radical (unpaired) electrons. The number of rotatable bonds is 4. The summed E-state index contributed by atoms with van der Waals surface area (Å²) in [5.74, 6) is 0. The molecule has 0 atom stereocenters. The van der Waals surface area contributed by atoms with Gasteiger partial charge in [-0.05, 0) is 11.6 Å². The van der Waals surface area contributed by atoms with Gasteiger partial charge in [-0.1, -0.05) is 20.8 Å². The highest BCUT2D eigenvalue weighted by Crippen LogP contribution is 2.23. The van der Waals surface area contributed by atoms with Crippen molar-refractivity contribution in [3.63, 3.8) is 0 Å². The lowest BCUT2D eigenvalue weighted by Gasteiger charge is -2.14. The lowest BCUT2D eigenvalue weighted by atomic mass is 9.93. The summed E-state index contributed by atoms with van der Waals surface area (Å²) in [4.78, 5) is 7.70. The minimum Gasteiger partial charge on any atom is -0.367 e. The van der Waals surface area contributed by atoms with Gasteiger partial charge >= 0.3 is 0 Å². The Balaban J connectivity index is 1.85. The smallest absolute Gasteiger partial charge is 0.107 e. The summed E-state index contributed by atoms with van der Waals surface area (Å²) in [5, 5.41) is 6.71. The van der Waals surface area contributed by atoms with Gasteiger partial charge in [0.25, 0.3) is 0 Å². The summed E-state index contributed by atoms with van der Waals surface area (Å²) in [6, 6.07) is 2.08. The molecule has 0 saturated heterocycles. The van der Waals surface area contributed by atoms with Crippen LogP contribution in [-0.4, -0.2) is 9.97 Å². The zero-order valence-corrected chi connectivity index (χ0v) is 11.4. The fourth-order valence-electron chi connectivity index (χ4n) is 1.52. The second kappa shape index (κ2) is 5.02. The van der Waals surface area contributed by atoms with E-state index in [1.807, 2.05) is 12.4 Å². The molecule has 0 fully saturated rings. The van der Waals surface area contributed by atoms with E-state index in [9.17, 15) is 0 Å². The molecule has 2 rings (SSSR count). The Bertz CT molecular complexity index is 451. The second-order valence-corrected chi connectivity index (χ2v) is 6.14. The van der Waals surface area contributed by atoms with Crippen molar-refractivity contribution < 1.29 is 0 Å². The number of thiazole rings is 1. The van der Waals surface area contributed by atoms with E-state index in [1.54, 1.807) is 11.3 Å². The molecule has 2 heterocycles. The Kier molecular flexibility index (Phi) is 3.64. The average Bonchev–Trinajstić information content (AvgIpc) is 2.86. The van der Waals surface area contributed by atoms with Gasteiger partial charge in [0.1, 0.15) is 5.01 Å². The molecule has 2 aromatic rings. The highest BCUT2D eigenvalue weighted by molar-refractivity contribution is 7.09. The average molecular weight is 249 g/mol. The standard InChI is InChI=1S/C13H19N3S/c1-13(2,3)11-9-17-12(16-11)8-15-7-10-4-5-14-6-10/h4-6,9,14-15H,7-8H2,1-3H3. The number of aromatic amines is 1. The molecule has 0 saturated carbocycles. The number of nitrogens with zero attached hydrogens (tertiary/aromatic N) is 1. The maximum atomic E-state index is 4.65. The van der Waals surface area contributed by atoms with Gasteiger partial charge in [-0.15, -0.1) is 11.3 Å². The van der Waals surface area contributed by atoms with Crippen LogP contribution < -0.4 is 5.32 Å². The van der Waals surface area contributed by atoms with Gasteiger partial charge in [0, 0.05) is 36.3 Å². The van der Waals surface area contributed by atoms with E-state index >= 15 is 0 Å². The molecule has 92 valence electrons. The largest absolute Gasteiger partial charge is 0.367 e. The van der Waals surface area contributed by atoms with E-state index in [0.29, 0.717) is 0 Å². The van der Waals surface area contributed by atoms with E-state index < -0.39 is 0 Å². The van der Waals surface area contributed by atoms with Crippen LogP contribution >= 0.6 is 11.3 Å². The third kappa shape index (κ3) is 3.41. The Morgan fingerprint density at radius 3 is 2.76 bits per heavy atom. The Labute approximate surface area is 106 Å². The summed E-state index contributed by atoms with van der Waals surface area (Å²) in [7, 11) is 0. The van der Waals surface area contributed by atoms with Crippen molar-refractivity contribution in [2.75, 3.05) is 0 Å². The van der Waals surface area contributed by atoms with Gasteiger partial charge in [0.05, 0.1) is 5.69 Å². The first-order valence-electron chi connectivity index (χ1n) is 5.83. The topological polar surface area (TPSA) is 40.7 Å². The molecule has 0 aromatic carbocycles. The third-order valence-corrected chi connectivity index (χ3v) is 3.44. The molecule has 2 N–H and O–H groups in total. The Hall–Kier alpha value is -1.13. The van der Waals surface area contributed by atoms with Gasteiger partial charge in [0.15, 0.2) is 0 Å². The van der Waals surface area contributed by atoms with Gasteiger partial charge in [-0.25, -0.2) is 4.98 Å². The van der Waals surface area contributed by atoms with E-state index in [1.165, 1.54) is 11.3 Å². The first-order valence-corrected chi connectivity index (χ1v) is 6.71. The Morgan fingerprint density at radius 1 is 1.35 bits per heavy atom. The fourth-order valence-corrected chi connectivity index (χ4v) is 2.51. The van der Waals surface area contributed by atoms with E-state index in [0.717, 1.165) is 18.1 Å². The number of H-pyrrole nitrogens is 1. The zero-order chi connectivity index (χ0) is 12.3. The van der Waals surface area contributed by atoms with Crippen LogP contribution in [0, 0.1) is 0 Å². The molecular weight excluding hydrogens is 230 g/mol. The SMILES string of the molecule is CC(C)(C)c1csc(CNCc2cc[nH]c2)n1. The maximum absolute atomic E-state index is 4.65. The lowest BCUT2D eigenvalue weighted by molar-refractivity contribution is 0.568. The van der Waals surface area contributed by atoms with Crippen LogP contribution in [0.4, 0.5) is 0 Å². The van der Waals surface area contributed by atoms with E-state index in [2.05, 4.69) is 47.5 Å². The van der Waals surface area contributed by atoms with Crippen LogP contribution in [0.1, 0.15) is 37.0 Å². The van der Waals surface area contributed by atoms with Crippen molar-refractivity contribution in [1.82, 2.24) is 15.3 Å². The maximum Gasteiger partial charge on any atom is 0.107 e. The third-order valence-electron chi connectivity index (χ3n) is 2.59. The molecule has 0 unspecified atom stereocenters. The van der Waals surface area contributed by atoms with Crippen molar-refractivity contribution in [3.05, 3.63) is 40.1 Å². The number of hydrogen-bond acceptors (Lipinski definition) is 3. The number of nitrogens with one attached hydrogen (secondary N) is 2. The highest BCUT2D eigenvalue weighted by atomic mass is 32.1. The molecule has 0 spiro atoms. The second-order valence-electron chi connectivity index (χ2n) is 5.20. The molecule has 0 aliphatic rings. The van der Waals surface area contributed by atoms with Crippen molar-refractivity contribution in [2.24, 2.45) is 0 Å². The van der Waals surface area contributed by atoms with Crippen LogP contribution in [0.15, 0.2) is 23.8 Å². The minimum atomic E-state index is 0.148. The van der Waals surface area contributed by atoms with Gasteiger partial charge in [-0.3, -0.25) is 0 Å². The van der Waals surface area contributed by atoms with Crippen molar-refractivity contribution in [1.29, 1.82) is 0 Å². The van der Waals surface area contributed by atoms with Crippen molar-refractivity contribution >= 4 is 11.3 Å². The van der Waals surface area contributed by atoms with Crippen molar-refractivity contribution in [3.8, 4) is 0 Å². The van der Waals surface area contributed by atoms with Gasteiger partial charge in [0.2, 0.25) is 0 Å². The molecule has 4 heteroatoms. The molecular formula is C13H19N3S. The normalized spacial score (nSPS) is 11.9. The monoisotopic (exact) mass is 249 g/mol. The summed E-state index contributed by atoms with van der Waals surface area (Å²) in [5.41, 5.74) is 2.61. The first-order chi connectivity index (χ1) is 8.05. The summed E-state index contributed by atoms with van der Waals surface area (Å²) in [6.45, 7) is 8.30. The van der Waals surface area contributed by atoms with Gasteiger partial charge < -0.3 is 10.3 Å². The molecule has 0 bridgehead atoms. The fraction of sp³-hybridized carbons (Fsp3) is 0.462. The lowest BCUT2D eigenvalue weighted by Crippen LogP contribution is -2.14. The molecule has 2 aromatic heterocycles. The summed E-state index contributed by atoms with van der Waals surface area (Å²) >= 11 is 1.73. The molecule has 0 aliphatic carbocycles. The molecule has 0 aliphatic heterocycles. The van der Waals surface area contributed by atoms with Gasteiger partial charge in [-0.2, -0.15) is 0 Å². The van der Waals surface area contributed by atoms with Crippen LogP contribution in [0.2, 0.25) is 0 Å². The highest BCUT2D eigenvalue weighted by Gasteiger charge is 2.16. The van der Waals surface area contributed by atoms with Crippen LogP contribution in [-0.2, 0) is 18.5 Å². The zero-order valence-electron chi connectivity index (χ0n) is 10.6. The van der Waals surface area contributed by atoms with Crippen LogP contribution in [0.25, 0.3) is 0 Å². The minimum absolute atomic E-state index is 0.148. The number of hydrogen-bond donors (Lipinski definition) is 2. The summed E-state index contributed by atoms with van der Waals surface area (Å²) in [6.07, 6.45) is 3.95. The quantitative estimate of drug-likeness (QED) is 0.874. The predicted octanol–water partition coefficient (Wildman–Crippen LogP) is 3.06. The van der Waals surface area contributed by atoms with E-state index in [-0.39, 0.29) is 5.41 Å². The van der Waals surface area contributed by atoms with Crippen LogP contribution in [0.3, 0.4) is 0 Å². The van der Waals surface area contributed by atoms with Crippen molar-refractivity contribution in [2.45, 2.75) is 39.3 Å². The molecule has 17 heavy (non-hydrogen) atoms. The first kappa shape index (κ1) is 12.3. The molecule has 0 amide bonds. The predicted molar refractivity (Wildman–Crippen MR) is 72.2 cm³/mol. The number of aromatic nitrogens is 2.